The van der Waals surface area contributed by atoms with Crippen LogP contribution in [0.4, 0.5) is 0 Å². The molecule has 6 unspecified atom stereocenters. The molecule has 0 aromatic carbocycles. The minimum atomic E-state index is 0.689. The van der Waals surface area contributed by atoms with Crippen LogP contribution in [0.15, 0.2) is 37.5 Å². The summed E-state index contributed by atoms with van der Waals surface area (Å²) in [4.78, 5) is 0. The van der Waals surface area contributed by atoms with E-state index in [1.165, 1.54) is 32.1 Å². The van der Waals surface area contributed by atoms with E-state index in [-0.39, 0.29) is 0 Å². The lowest BCUT2D eigenvalue weighted by Crippen LogP contribution is -2.29. The molecule has 17 heavy (non-hydrogen) atoms. The first-order valence-electron chi connectivity index (χ1n) is 7.25. The first-order chi connectivity index (χ1) is 8.31. The molecule has 0 spiro atoms. The maximum absolute atomic E-state index is 4.03. The first-order valence-corrected chi connectivity index (χ1v) is 7.25. The average Bonchev–Trinajstić information content (AvgIpc) is 3.00. The van der Waals surface area contributed by atoms with Crippen LogP contribution in [-0.2, 0) is 0 Å². The highest BCUT2D eigenvalue weighted by atomic mass is 14.5. The Balaban J connectivity index is 1.68. The summed E-state index contributed by atoms with van der Waals surface area (Å²) in [6.07, 6.45) is 16.3. The summed E-state index contributed by atoms with van der Waals surface area (Å²) in [5.74, 6) is 5.15. The highest BCUT2D eigenvalue weighted by Crippen LogP contribution is 2.51. The van der Waals surface area contributed by atoms with Crippen LogP contribution in [0.5, 0.6) is 0 Å². The van der Waals surface area contributed by atoms with Crippen LogP contribution < -0.4 is 0 Å². The Hall–Kier alpha value is -0.780. The highest BCUT2D eigenvalue weighted by molar-refractivity contribution is 5.12. The Morgan fingerprint density at radius 1 is 0.882 bits per heavy atom. The van der Waals surface area contributed by atoms with Gasteiger partial charge in [-0.3, -0.25) is 0 Å². The highest BCUT2D eigenvalue weighted by Gasteiger charge is 2.42. The van der Waals surface area contributed by atoms with Gasteiger partial charge >= 0.3 is 0 Å². The monoisotopic (exact) mass is 228 g/mol. The molecule has 0 aromatic rings. The van der Waals surface area contributed by atoms with Gasteiger partial charge in [0.25, 0.3) is 0 Å². The Kier molecular flexibility index (Phi) is 2.98. The SMILES string of the molecule is C=CC1CCC(C2CC3C=CC2C3)CC1C=C. The predicted octanol–water partition coefficient (Wildman–Crippen LogP) is 4.60. The van der Waals surface area contributed by atoms with Crippen molar-refractivity contribution in [3.8, 4) is 0 Å². The number of rotatable bonds is 3. The predicted molar refractivity (Wildman–Crippen MR) is 73.6 cm³/mol. The molecule has 0 heterocycles. The Bertz CT molecular complexity index is 338. The largest absolute Gasteiger partial charge is 0.103 e. The molecule has 2 bridgehead atoms. The molecule has 0 aromatic heterocycles. The van der Waals surface area contributed by atoms with Crippen LogP contribution in [0.3, 0.4) is 0 Å². The van der Waals surface area contributed by atoms with E-state index >= 15 is 0 Å². The summed E-state index contributed by atoms with van der Waals surface area (Å²) in [5.41, 5.74) is 0. The fourth-order valence-corrected chi connectivity index (χ4v) is 4.58. The average molecular weight is 228 g/mol. The number of fused-ring (bicyclic) bond motifs is 2. The molecular formula is C17H24. The van der Waals surface area contributed by atoms with Crippen molar-refractivity contribution in [1.82, 2.24) is 0 Å². The summed E-state index contributed by atoms with van der Waals surface area (Å²) < 4.78 is 0. The molecule has 3 aliphatic rings. The van der Waals surface area contributed by atoms with Gasteiger partial charge in [-0.1, -0.05) is 24.3 Å². The van der Waals surface area contributed by atoms with E-state index in [1.54, 1.807) is 0 Å². The molecule has 3 rings (SSSR count). The Labute approximate surface area is 105 Å². The summed E-state index contributed by atoms with van der Waals surface area (Å²) >= 11 is 0. The third-order valence-corrected chi connectivity index (χ3v) is 5.54. The van der Waals surface area contributed by atoms with E-state index in [2.05, 4.69) is 37.5 Å². The van der Waals surface area contributed by atoms with Crippen molar-refractivity contribution in [3.63, 3.8) is 0 Å². The molecular weight excluding hydrogens is 204 g/mol. The summed E-state index contributed by atoms with van der Waals surface area (Å²) in [5, 5.41) is 0. The second kappa shape index (κ2) is 4.48. The number of allylic oxidation sites excluding steroid dienone is 4. The lowest BCUT2D eigenvalue weighted by Gasteiger charge is -2.38. The van der Waals surface area contributed by atoms with Gasteiger partial charge < -0.3 is 0 Å². The molecule has 0 saturated heterocycles. The van der Waals surface area contributed by atoms with E-state index in [4.69, 9.17) is 0 Å². The van der Waals surface area contributed by atoms with Crippen LogP contribution in [0.1, 0.15) is 32.1 Å². The molecule has 0 aliphatic heterocycles. The Morgan fingerprint density at radius 2 is 1.71 bits per heavy atom. The van der Waals surface area contributed by atoms with Gasteiger partial charge in [0, 0.05) is 0 Å². The van der Waals surface area contributed by atoms with E-state index in [0.717, 1.165) is 23.7 Å². The molecule has 0 nitrogen and oxygen atoms in total. The Morgan fingerprint density at radius 3 is 2.29 bits per heavy atom. The summed E-state index contributed by atoms with van der Waals surface area (Å²) in [6, 6.07) is 0. The zero-order valence-corrected chi connectivity index (χ0v) is 10.7. The molecule has 0 N–H and O–H groups in total. The smallest absolute Gasteiger partial charge is 0.0171 e. The van der Waals surface area contributed by atoms with Gasteiger partial charge in [0.2, 0.25) is 0 Å². The molecule has 0 heteroatoms. The third kappa shape index (κ3) is 1.92. The van der Waals surface area contributed by atoms with Gasteiger partial charge in [-0.05, 0) is 67.6 Å². The van der Waals surface area contributed by atoms with Crippen molar-refractivity contribution in [2.24, 2.45) is 35.5 Å². The zero-order chi connectivity index (χ0) is 11.8. The second-order valence-electron chi connectivity index (χ2n) is 6.32. The van der Waals surface area contributed by atoms with Crippen LogP contribution >= 0.6 is 0 Å². The van der Waals surface area contributed by atoms with Gasteiger partial charge in [-0.15, -0.1) is 13.2 Å². The molecule has 92 valence electrons. The van der Waals surface area contributed by atoms with Crippen molar-refractivity contribution >= 4 is 0 Å². The zero-order valence-electron chi connectivity index (χ0n) is 10.7. The molecule has 2 fully saturated rings. The topological polar surface area (TPSA) is 0 Å². The number of hydrogen-bond acceptors (Lipinski definition) is 0. The van der Waals surface area contributed by atoms with Gasteiger partial charge in [0.15, 0.2) is 0 Å². The minimum Gasteiger partial charge on any atom is -0.103 e. The fourth-order valence-electron chi connectivity index (χ4n) is 4.58. The maximum Gasteiger partial charge on any atom is -0.0171 e. The van der Waals surface area contributed by atoms with Gasteiger partial charge in [0.05, 0.1) is 0 Å². The third-order valence-electron chi connectivity index (χ3n) is 5.54. The maximum atomic E-state index is 4.03. The van der Waals surface area contributed by atoms with Crippen molar-refractivity contribution < 1.29 is 0 Å². The van der Waals surface area contributed by atoms with Crippen LogP contribution in [0, 0.1) is 35.5 Å². The van der Waals surface area contributed by atoms with Crippen molar-refractivity contribution in [3.05, 3.63) is 37.5 Å². The van der Waals surface area contributed by atoms with Crippen molar-refractivity contribution in [2.45, 2.75) is 32.1 Å². The van der Waals surface area contributed by atoms with Crippen LogP contribution in [-0.4, -0.2) is 0 Å². The van der Waals surface area contributed by atoms with E-state index in [0.29, 0.717) is 11.8 Å². The molecule has 0 radical (unpaired) electrons. The van der Waals surface area contributed by atoms with Crippen molar-refractivity contribution in [2.75, 3.05) is 0 Å². The summed E-state index contributed by atoms with van der Waals surface area (Å²) in [6.45, 7) is 8.01. The van der Waals surface area contributed by atoms with Gasteiger partial charge in [0.1, 0.15) is 0 Å². The standard InChI is InChI=1S/C17H24/c1-3-13-7-8-16(11-14(13)4-2)17-10-12-5-6-15(17)9-12/h3-6,12-17H,1-2,7-11H2. The van der Waals surface area contributed by atoms with Crippen molar-refractivity contribution in [1.29, 1.82) is 0 Å². The van der Waals surface area contributed by atoms with Gasteiger partial charge in [-0.25, -0.2) is 0 Å². The van der Waals surface area contributed by atoms with E-state index in [1.807, 2.05) is 0 Å². The fraction of sp³-hybridized carbons (Fsp3) is 0.647. The quantitative estimate of drug-likeness (QED) is 0.619. The van der Waals surface area contributed by atoms with Crippen LogP contribution in [0.2, 0.25) is 0 Å². The summed E-state index contributed by atoms with van der Waals surface area (Å²) in [7, 11) is 0. The molecule has 0 amide bonds. The molecule has 3 aliphatic carbocycles. The normalized spacial score (nSPS) is 48.2. The lowest BCUT2D eigenvalue weighted by atomic mass is 9.67. The van der Waals surface area contributed by atoms with E-state index in [9.17, 15) is 0 Å². The first kappa shape index (κ1) is 11.3. The second-order valence-corrected chi connectivity index (χ2v) is 6.32. The lowest BCUT2D eigenvalue weighted by molar-refractivity contribution is 0.166. The number of hydrogen-bond donors (Lipinski definition) is 0. The molecule has 6 atom stereocenters. The van der Waals surface area contributed by atoms with E-state index < -0.39 is 0 Å². The van der Waals surface area contributed by atoms with Gasteiger partial charge in [-0.2, -0.15) is 0 Å². The van der Waals surface area contributed by atoms with Crippen LogP contribution in [0.25, 0.3) is 0 Å². The molecule has 2 saturated carbocycles. The minimum absolute atomic E-state index is 0.689.